The molecule has 0 atom stereocenters. The van der Waals surface area contributed by atoms with Crippen LogP contribution >= 0.6 is 0 Å². The molecule has 3 aromatic heterocycles. The van der Waals surface area contributed by atoms with Gasteiger partial charge in [0.15, 0.2) is 0 Å². The molecule has 7 heteroatoms. The third-order valence-electron chi connectivity index (χ3n) is 6.02. The molecule has 0 bridgehead atoms. The molecule has 1 aromatic carbocycles. The molecule has 0 aliphatic carbocycles. The van der Waals surface area contributed by atoms with Gasteiger partial charge in [-0.15, -0.1) is 0 Å². The summed E-state index contributed by atoms with van der Waals surface area (Å²) in [7, 11) is 0. The average Bonchev–Trinajstić information content (AvgIpc) is 3.32. The Morgan fingerprint density at radius 1 is 0.871 bits per heavy atom. The summed E-state index contributed by atoms with van der Waals surface area (Å²) in [6, 6.07) is 17.5. The van der Waals surface area contributed by atoms with Crippen molar-refractivity contribution in [2.75, 3.05) is 31.1 Å². The van der Waals surface area contributed by atoms with Crippen molar-refractivity contribution in [1.82, 2.24) is 18.9 Å². The molecular weight excluding hydrogens is 390 g/mol. The van der Waals surface area contributed by atoms with Crippen LogP contribution in [0.1, 0.15) is 12.8 Å². The molecule has 0 radical (unpaired) electrons. The molecule has 7 nitrogen and oxygen atoms in total. The van der Waals surface area contributed by atoms with Crippen LogP contribution in [0.5, 0.6) is 0 Å². The minimum absolute atomic E-state index is 0.0138. The average molecular weight is 415 g/mol. The maximum atomic E-state index is 13.0. The Kier molecular flexibility index (Phi) is 5.16. The lowest BCUT2D eigenvalue weighted by Gasteiger charge is -2.35. The smallest absolute Gasteiger partial charge is 0.275 e. The van der Waals surface area contributed by atoms with Gasteiger partial charge in [-0.05, 0) is 42.8 Å². The highest BCUT2D eigenvalue weighted by atomic mass is 16.2. The minimum Gasteiger partial charge on any atom is -0.353 e. The van der Waals surface area contributed by atoms with Gasteiger partial charge in [0.1, 0.15) is 11.3 Å². The molecule has 4 aromatic rings. The maximum absolute atomic E-state index is 13.0. The van der Waals surface area contributed by atoms with E-state index in [2.05, 4.69) is 9.88 Å². The maximum Gasteiger partial charge on any atom is 0.275 e. The number of aryl methyl sites for hydroxylation is 1. The van der Waals surface area contributed by atoms with Crippen LogP contribution in [-0.2, 0) is 11.3 Å². The van der Waals surface area contributed by atoms with E-state index in [1.54, 1.807) is 10.8 Å². The zero-order valence-corrected chi connectivity index (χ0v) is 17.4. The monoisotopic (exact) mass is 415 g/mol. The molecule has 5 rings (SSSR count). The topological polar surface area (TPSA) is 62.9 Å². The standard InChI is InChI=1S/C24H25N5O2/c30-23(27-17-15-26(16-18-27)22-10-3-4-12-25-22)11-6-14-29-20-8-2-1-7-19(20)28-13-5-9-21(28)24(29)31/h1-5,7-10,12-13H,6,11,14-18H2. The van der Waals surface area contributed by atoms with Gasteiger partial charge in [-0.3, -0.25) is 9.59 Å². The highest BCUT2D eigenvalue weighted by Gasteiger charge is 2.21. The number of fused-ring (bicyclic) bond motifs is 3. The number of para-hydroxylation sites is 2. The Morgan fingerprint density at radius 2 is 1.61 bits per heavy atom. The molecule has 1 amide bonds. The van der Waals surface area contributed by atoms with Gasteiger partial charge in [0, 0.05) is 51.5 Å². The van der Waals surface area contributed by atoms with Gasteiger partial charge in [0.25, 0.3) is 5.56 Å². The largest absolute Gasteiger partial charge is 0.353 e. The van der Waals surface area contributed by atoms with Gasteiger partial charge in [-0.25, -0.2) is 4.98 Å². The van der Waals surface area contributed by atoms with Crippen molar-refractivity contribution in [3.8, 4) is 0 Å². The van der Waals surface area contributed by atoms with Gasteiger partial charge < -0.3 is 18.8 Å². The summed E-state index contributed by atoms with van der Waals surface area (Å²) >= 11 is 0. The van der Waals surface area contributed by atoms with Gasteiger partial charge in [-0.1, -0.05) is 18.2 Å². The first-order valence-corrected chi connectivity index (χ1v) is 10.7. The van der Waals surface area contributed by atoms with Crippen molar-refractivity contribution in [3.05, 3.63) is 77.3 Å². The number of anilines is 1. The fourth-order valence-corrected chi connectivity index (χ4v) is 4.40. The van der Waals surface area contributed by atoms with Crippen molar-refractivity contribution in [2.24, 2.45) is 0 Å². The Bertz CT molecular complexity index is 1270. The zero-order valence-electron chi connectivity index (χ0n) is 17.4. The molecule has 1 aliphatic heterocycles. The van der Waals surface area contributed by atoms with E-state index in [9.17, 15) is 9.59 Å². The van der Waals surface area contributed by atoms with Crippen LogP contribution in [0.2, 0.25) is 0 Å². The molecule has 158 valence electrons. The molecule has 4 heterocycles. The van der Waals surface area contributed by atoms with E-state index in [1.807, 2.05) is 70.1 Å². The van der Waals surface area contributed by atoms with Gasteiger partial charge in [0.05, 0.1) is 11.0 Å². The number of carbonyl (C=O) groups excluding carboxylic acids is 1. The second kappa shape index (κ2) is 8.26. The summed E-state index contributed by atoms with van der Waals surface area (Å²) in [5.74, 6) is 1.11. The van der Waals surface area contributed by atoms with Gasteiger partial charge in [-0.2, -0.15) is 0 Å². The lowest BCUT2D eigenvalue weighted by atomic mass is 10.2. The lowest BCUT2D eigenvalue weighted by molar-refractivity contribution is -0.131. The molecule has 0 unspecified atom stereocenters. The predicted molar refractivity (Wildman–Crippen MR) is 121 cm³/mol. The molecule has 0 N–H and O–H groups in total. The minimum atomic E-state index is -0.0138. The fraction of sp³-hybridized carbons (Fsp3) is 0.292. The number of nitrogens with zero attached hydrogens (tertiary/aromatic N) is 5. The van der Waals surface area contributed by atoms with Gasteiger partial charge in [0.2, 0.25) is 5.91 Å². The first-order chi connectivity index (χ1) is 15.2. The van der Waals surface area contributed by atoms with Crippen LogP contribution < -0.4 is 10.5 Å². The Labute approximate surface area is 180 Å². The number of benzene rings is 1. The van der Waals surface area contributed by atoms with Crippen molar-refractivity contribution in [2.45, 2.75) is 19.4 Å². The molecule has 31 heavy (non-hydrogen) atoms. The van der Waals surface area contributed by atoms with Crippen LogP contribution in [0.25, 0.3) is 16.6 Å². The van der Waals surface area contributed by atoms with E-state index in [1.165, 1.54) is 0 Å². The van der Waals surface area contributed by atoms with Crippen molar-refractivity contribution in [1.29, 1.82) is 0 Å². The Hall–Kier alpha value is -3.61. The number of carbonyl (C=O) groups is 1. The third kappa shape index (κ3) is 3.67. The summed E-state index contributed by atoms with van der Waals surface area (Å²) < 4.78 is 3.73. The number of amides is 1. The SMILES string of the molecule is O=C(CCCn1c(=O)c2cccn2c2ccccc21)N1CCN(c2ccccn2)CC1. The highest BCUT2D eigenvalue weighted by Crippen LogP contribution is 2.17. The Morgan fingerprint density at radius 3 is 2.39 bits per heavy atom. The van der Waals surface area contributed by atoms with Crippen LogP contribution in [0.3, 0.4) is 0 Å². The molecule has 1 aliphatic rings. The van der Waals surface area contributed by atoms with Crippen molar-refractivity contribution < 1.29 is 4.79 Å². The number of hydrogen-bond acceptors (Lipinski definition) is 4. The van der Waals surface area contributed by atoms with Crippen LogP contribution in [0.4, 0.5) is 5.82 Å². The number of rotatable bonds is 5. The van der Waals surface area contributed by atoms with Crippen LogP contribution in [0, 0.1) is 0 Å². The van der Waals surface area contributed by atoms with E-state index in [-0.39, 0.29) is 11.5 Å². The molecule has 1 saturated heterocycles. The second-order valence-corrected chi connectivity index (χ2v) is 7.87. The van der Waals surface area contributed by atoms with Gasteiger partial charge >= 0.3 is 0 Å². The Balaban J connectivity index is 1.23. The number of hydrogen-bond donors (Lipinski definition) is 0. The third-order valence-corrected chi connectivity index (χ3v) is 6.02. The first-order valence-electron chi connectivity index (χ1n) is 10.7. The van der Waals surface area contributed by atoms with E-state index in [0.717, 1.165) is 29.9 Å². The molecule has 1 fully saturated rings. The van der Waals surface area contributed by atoms with E-state index in [4.69, 9.17) is 0 Å². The quantitative estimate of drug-likeness (QED) is 0.503. The van der Waals surface area contributed by atoms with Crippen LogP contribution in [-0.4, -0.2) is 50.9 Å². The summed E-state index contributed by atoms with van der Waals surface area (Å²) in [5, 5.41) is 0. The summed E-state index contributed by atoms with van der Waals surface area (Å²) in [6.45, 7) is 3.51. The second-order valence-electron chi connectivity index (χ2n) is 7.87. The molecule has 0 spiro atoms. The summed E-state index contributed by atoms with van der Waals surface area (Å²) in [4.78, 5) is 34.3. The lowest BCUT2D eigenvalue weighted by Crippen LogP contribution is -2.49. The van der Waals surface area contributed by atoms with Crippen molar-refractivity contribution >= 4 is 28.3 Å². The first kappa shape index (κ1) is 19.4. The normalized spacial score (nSPS) is 14.5. The molecular formula is C24H25N5O2. The summed E-state index contributed by atoms with van der Waals surface area (Å²) in [6.07, 6.45) is 4.79. The number of aromatic nitrogens is 3. The highest BCUT2D eigenvalue weighted by molar-refractivity contribution is 5.79. The van der Waals surface area contributed by atoms with E-state index >= 15 is 0 Å². The predicted octanol–water partition coefficient (Wildman–Crippen LogP) is 2.78. The van der Waals surface area contributed by atoms with E-state index < -0.39 is 0 Å². The molecule has 0 saturated carbocycles. The number of pyridine rings is 1. The van der Waals surface area contributed by atoms with Crippen molar-refractivity contribution in [3.63, 3.8) is 0 Å². The zero-order chi connectivity index (χ0) is 21.2. The van der Waals surface area contributed by atoms with E-state index in [0.29, 0.717) is 38.0 Å². The van der Waals surface area contributed by atoms with Crippen LogP contribution in [0.15, 0.2) is 71.8 Å². The summed E-state index contributed by atoms with van der Waals surface area (Å²) in [5.41, 5.74) is 2.54. The fourth-order valence-electron chi connectivity index (χ4n) is 4.40. The number of piperazine rings is 1.